The van der Waals surface area contributed by atoms with E-state index in [0.717, 1.165) is 5.92 Å². The van der Waals surface area contributed by atoms with Gasteiger partial charge in [0.15, 0.2) is 0 Å². The molecule has 0 amide bonds. The van der Waals surface area contributed by atoms with Crippen LogP contribution in [0.1, 0.15) is 24.4 Å². The van der Waals surface area contributed by atoms with Crippen LogP contribution in [0, 0.1) is 5.92 Å². The fourth-order valence-corrected chi connectivity index (χ4v) is 3.15. The van der Waals surface area contributed by atoms with E-state index < -0.39 is 0 Å². The molecule has 1 N–H and O–H groups in total. The molecule has 0 aromatic heterocycles. The molecule has 1 unspecified atom stereocenters. The Morgan fingerprint density at radius 1 is 1.35 bits per heavy atom. The highest BCUT2D eigenvalue weighted by Gasteiger charge is 2.25. The number of benzene rings is 1. The monoisotopic (exact) mass is 296 g/mol. The van der Waals surface area contributed by atoms with E-state index in [0.29, 0.717) is 6.04 Å². The third-order valence-corrected chi connectivity index (χ3v) is 4.25. The average Bonchev–Trinajstić information content (AvgIpc) is 2.33. The van der Waals surface area contributed by atoms with E-state index >= 15 is 0 Å². The highest BCUT2D eigenvalue weighted by atomic mass is 79.9. The largest absolute Gasteiger partial charge is 0.313 e. The summed E-state index contributed by atoms with van der Waals surface area (Å²) in [5.74, 6) is 0.755. The van der Waals surface area contributed by atoms with Crippen molar-refractivity contribution in [3.8, 4) is 0 Å². The standard InChI is InChI=1S/C14H21BrN2/c1-16-14(11-6-8-17(2)9-7-11)12-4-3-5-13(15)10-12/h3-5,10-11,14,16H,6-9H2,1-2H3. The second kappa shape index (κ2) is 5.98. The Balaban J connectivity index is 2.10. The van der Waals surface area contributed by atoms with Crippen molar-refractivity contribution in [1.82, 2.24) is 10.2 Å². The number of nitrogens with zero attached hydrogens (tertiary/aromatic N) is 1. The van der Waals surface area contributed by atoms with Gasteiger partial charge in [0, 0.05) is 10.5 Å². The van der Waals surface area contributed by atoms with E-state index in [1.54, 1.807) is 0 Å². The van der Waals surface area contributed by atoms with Gasteiger partial charge in [-0.3, -0.25) is 0 Å². The first-order valence-electron chi connectivity index (χ1n) is 6.32. The van der Waals surface area contributed by atoms with Crippen molar-refractivity contribution >= 4 is 15.9 Å². The molecule has 1 atom stereocenters. The second-order valence-electron chi connectivity index (χ2n) is 4.96. The van der Waals surface area contributed by atoms with Crippen molar-refractivity contribution in [2.45, 2.75) is 18.9 Å². The molecule has 1 heterocycles. The van der Waals surface area contributed by atoms with Gasteiger partial charge in [0.05, 0.1) is 0 Å². The highest BCUT2D eigenvalue weighted by Crippen LogP contribution is 2.31. The van der Waals surface area contributed by atoms with E-state index in [-0.39, 0.29) is 0 Å². The average molecular weight is 297 g/mol. The van der Waals surface area contributed by atoms with Gasteiger partial charge < -0.3 is 10.2 Å². The van der Waals surface area contributed by atoms with Crippen LogP contribution in [0.25, 0.3) is 0 Å². The lowest BCUT2D eigenvalue weighted by atomic mass is 9.85. The summed E-state index contributed by atoms with van der Waals surface area (Å²) in [6, 6.07) is 9.16. The maximum atomic E-state index is 3.56. The Morgan fingerprint density at radius 3 is 2.65 bits per heavy atom. The van der Waals surface area contributed by atoms with E-state index in [1.165, 1.54) is 36.0 Å². The molecule has 1 fully saturated rings. The zero-order chi connectivity index (χ0) is 12.3. The lowest BCUT2D eigenvalue weighted by molar-refractivity contribution is 0.188. The smallest absolute Gasteiger partial charge is 0.0347 e. The van der Waals surface area contributed by atoms with Crippen LogP contribution < -0.4 is 5.32 Å². The SMILES string of the molecule is CNC(c1cccc(Br)c1)C1CCN(C)CC1. The third kappa shape index (κ3) is 3.30. The maximum Gasteiger partial charge on any atom is 0.0347 e. The molecular weight excluding hydrogens is 276 g/mol. The molecule has 0 radical (unpaired) electrons. The number of halogens is 1. The van der Waals surface area contributed by atoms with Crippen LogP contribution in [-0.2, 0) is 0 Å². The zero-order valence-corrected chi connectivity index (χ0v) is 12.2. The first-order valence-corrected chi connectivity index (χ1v) is 7.11. The number of nitrogens with one attached hydrogen (secondary N) is 1. The number of rotatable bonds is 3. The molecule has 2 rings (SSSR count). The highest BCUT2D eigenvalue weighted by molar-refractivity contribution is 9.10. The summed E-state index contributed by atoms with van der Waals surface area (Å²) in [5, 5.41) is 3.49. The summed E-state index contributed by atoms with van der Waals surface area (Å²) < 4.78 is 1.17. The van der Waals surface area contributed by atoms with Gasteiger partial charge >= 0.3 is 0 Å². The summed E-state index contributed by atoms with van der Waals surface area (Å²) in [7, 11) is 4.29. The molecule has 0 spiro atoms. The van der Waals surface area contributed by atoms with E-state index in [2.05, 4.69) is 64.5 Å². The summed E-state index contributed by atoms with van der Waals surface area (Å²) in [6.45, 7) is 2.44. The van der Waals surface area contributed by atoms with E-state index in [9.17, 15) is 0 Å². The zero-order valence-electron chi connectivity index (χ0n) is 10.6. The number of hydrogen-bond donors (Lipinski definition) is 1. The molecule has 1 aromatic carbocycles. The molecule has 94 valence electrons. The Morgan fingerprint density at radius 2 is 2.06 bits per heavy atom. The predicted octanol–water partition coefficient (Wildman–Crippen LogP) is 3.05. The Hall–Kier alpha value is -0.380. The van der Waals surface area contributed by atoms with Gasteiger partial charge in [-0.1, -0.05) is 28.1 Å². The van der Waals surface area contributed by atoms with Gasteiger partial charge in [-0.05, 0) is 63.6 Å². The molecule has 0 aliphatic carbocycles. The van der Waals surface area contributed by atoms with Gasteiger partial charge in [-0.2, -0.15) is 0 Å². The minimum Gasteiger partial charge on any atom is -0.313 e. The second-order valence-corrected chi connectivity index (χ2v) is 5.88. The van der Waals surface area contributed by atoms with E-state index in [1.807, 2.05) is 0 Å². The van der Waals surface area contributed by atoms with Crippen LogP contribution in [-0.4, -0.2) is 32.1 Å². The molecule has 17 heavy (non-hydrogen) atoms. The molecule has 1 aliphatic heterocycles. The summed E-state index contributed by atoms with van der Waals surface area (Å²) in [6.07, 6.45) is 2.57. The fraction of sp³-hybridized carbons (Fsp3) is 0.571. The van der Waals surface area contributed by atoms with Crippen molar-refractivity contribution in [3.63, 3.8) is 0 Å². The van der Waals surface area contributed by atoms with Gasteiger partial charge in [0.2, 0.25) is 0 Å². The molecule has 0 saturated carbocycles. The molecule has 1 aliphatic rings. The van der Waals surface area contributed by atoms with Gasteiger partial charge in [-0.25, -0.2) is 0 Å². The Labute approximate surface area is 113 Å². The molecule has 1 aromatic rings. The molecule has 0 bridgehead atoms. The number of piperidine rings is 1. The van der Waals surface area contributed by atoms with Crippen molar-refractivity contribution in [2.24, 2.45) is 5.92 Å². The van der Waals surface area contributed by atoms with Crippen molar-refractivity contribution in [1.29, 1.82) is 0 Å². The summed E-state index contributed by atoms with van der Waals surface area (Å²) >= 11 is 3.56. The molecule has 2 nitrogen and oxygen atoms in total. The molecule has 3 heteroatoms. The van der Waals surface area contributed by atoms with Crippen LogP contribution in [0.3, 0.4) is 0 Å². The number of likely N-dealkylation sites (tertiary alicyclic amines) is 1. The maximum absolute atomic E-state index is 3.56. The van der Waals surface area contributed by atoms with E-state index in [4.69, 9.17) is 0 Å². The topological polar surface area (TPSA) is 15.3 Å². The third-order valence-electron chi connectivity index (χ3n) is 3.75. The van der Waals surface area contributed by atoms with Crippen molar-refractivity contribution in [3.05, 3.63) is 34.3 Å². The van der Waals surface area contributed by atoms with Crippen LogP contribution in [0.5, 0.6) is 0 Å². The summed E-state index contributed by atoms with van der Waals surface area (Å²) in [4.78, 5) is 2.42. The Bertz CT molecular complexity index is 359. The van der Waals surface area contributed by atoms with Crippen LogP contribution >= 0.6 is 15.9 Å². The summed E-state index contributed by atoms with van der Waals surface area (Å²) in [5.41, 5.74) is 1.40. The first kappa shape index (κ1) is 13.1. The first-order chi connectivity index (χ1) is 8.20. The van der Waals surface area contributed by atoms with Gasteiger partial charge in [-0.15, -0.1) is 0 Å². The van der Waals surface area contributed by atoms with Crippen molar-refractivity contribution in [2.75, 3.05) is 27.2 Å². The lowest BCUT2D eigenvalue weighted by Crippen LogP contribution is -2.36. The number of hydrogen-bond acceptors (Lipinski definition) is 2. The van der Waals surface area contributed by atoms with Gasteiger partial charge in [0.1, 0.15) is 0 Å². The fourth-order valence-electron chi connectivity index (χ4n) is 2.74. The molecule has 1 saturated heterocycles. The predicted molar refractivity (Wildman–Crippen MR) is 76.2 cm³/mol. The van der Waals surface area contributed by atoms with Crippen LogP contribution in [0.2, 0.25) is 0 Å². The Kier molecular flexibility index (Phi) is 4.60. The minimum atomic E-state index is 0.487. The minimum absolute atomic E-state index is 0.487. The lowest BCUT2D eigenvalue weighted by Gasteiger charge is -2.34. The quantitative estimate of drug-likeness (QED) is 0.922. The van der Waals surface area contributed by atoms with Gasteiger partial charge in [0.25, 0.3) is 0 Å². The van der Waals surface area contributed by atoms with Crippen LogP contribution in [0.4, 0.5) is 0 Å². The van der Waals surface area contributed by atoms with Crippen molar-refractivity contribution < 1.29 is 0 Å². The normalized spacial score (nSPS) is 20.4. The van der Waals surface area contributed by atoms with Crippen LogP contribution in [0.15, 0.2) is 28.7 Å². The molecular formula is C14H21BrN2.